The summed E-state index contributed by atoms with van der Waals surface area (Å²) in [7, 11) is 0. The molecule has 0 bridgehead atoms. The monoisotopic (exact) mass is 368 g/mol. The smallest absolute Gasteiger partial charge is 0.317 e. The summed E-state index contributed by atoms with van der Waals surface area (Å²) in [6, 6.07) is 9.30. The van der Waals surface area contributed by atoms with E-state index in [9.17, 15) is 14.0 Å². The number of thioether (sulfide) groups is 1. The van der Waals surface area contributed by atoms with Crippen LogP contribution in [0.3, 0.4) is 0 Å². The van der Waals surface area contributed by atoms with Crippen molar-refractivity contribution in [1.29, 1.82) is 0 Å². The number of carbonyl (C=O) groups is 2. The first-order valence-electron chi connectivity index (χ1n) is 6.95. The molecule has 24 heavy (non-hydrogen) atoms. The van der Waals surface area contributed by atoms with Crippen LogP contribution in [0.1, 0.15) is 6.92 Å². The van der Waals surface area contributed by atoms with E-state index < -0.39 is 23.8 Å². The van der Waals surface area contributed by atoms with Crippen molar-refractivity contribution in [2.24, 2.45) is 0 Å². The van der Waals surface area contributed by atoms with Gasteiger partial charge in [0.25, 0.3) is 5.91 Å². The first-order chi connectivity index (χ1) is 11.5. The highest BCUT2D eigenvalue weighted by atomic mass is 35.5. The first-order valence-corrected chi connectivity index (χ1v) is 8.32. The fourth-order valence-electron chi connectivity index (χ4n) is 1.70. The van der Waals surface area contributed by atoms with Crippen LogP contribution in [0.4, 0.5) is 10.1 Å². The molecule has 0 unspecified atom stereocenters. The number of rotatable bonds is 6. The second-order valence-electron chi connectivity index (χ2n) is 4.68. The van der Waals surface area contributed by atoms with Gasteiger partial charge in [-0.2, -0.15) is 0 Å². The van der Waals surface area contributed by atoms with Gasteiger partial charge in [0.05, 0.1) is 11.4 Å². The zero-order valence-corrected chi connectivity index (χ0v) is 14.2. The zero-order chi connectivity index (χ0) is 17.5. The number of halogens is 2. The summed E-state index contributed by atoms with van der Waals surface area (Å²) in [5.41, 5.74) is 0.327. The Bertz CT molecular complexity index is 745. The number of esters is 1. The van der Waals surface area contributed by atoms with Crippen molar-refractivity contribution in [1.82, 2.24) is 4.98 Å². The van der Waals surface area contributed by atoms with Crippen molar-refractivity contribution in [2.45, 2.75) is 17.9 Å². The Labute approximate surface area is 147 Å². The molecule has 0 spiro atoms. The summed E-state index contributed by atoms with van der Waals surface area (Å²) in [4.78, 5) is 27.9. The average Bonchev–Trinajstić information content (AvgIpc) is 2.56. The lowest BCUT2D eigenvalue weighted by atomic mass is 10.3. The van der Waals surface area contributed by atoms with Crippen LogP contribution in [-0.4, -0.2) is 28.7 Å². The number of ether oxygens (including phenoxy) is 1. The molecular formula is C16H14ClFN2O3S. The fourth-order valence-corrected chi connectivity index (χ4v) is 2.59. The Morgan fingerprint density at radius 3 is 2.79 bits per heavy atom. The minimum Gasteiger partial charge on any atom is -0.452 e. The molecule has 0 aliphatic carbocycles. The molecule has 0 saturated carbocycles. The van der Waals surface area contributed by atoms with E-state index in [1.165, 1.54) is 19.2 Å². The summed E-state index contributed by atoms with van der Waals surface area (Å²) in [6.07, 6.45) is 0.469. The van der Waals surface area contributed by atoms with E-state index >= 15 is 0 Å². The average molecular weight is 369 g/mol. The third-order valence-electron chi connectivity index (χ3n) is 2.88. The van der Waals surface area contributed by atoms with Crippen LogP contribution >= 0.6 is 23.4 Å². The molecule has 0 aliphatic rings. The van der Waals surface area contributed by atoms with Gasteiger partial charge in [-0.15, -0.1) is 11.8 Å². The summed E-state index contributed by atoms with van der Waals surface area (Å²) in [5, 5.41) is 2.66. The number of carbonyl (C=O) groups excluding carboxylic acids is 2. The normalized spacial score (nSPS) is 11.6. The number of benzene rings is 1. The summed E-state index contributed by atoms with van der Waals surface area (Å²) >= 11 is 6.84. The number of nitrogens with one attached hydrogen (secondary N) is 1. The molecule has 0 radical (unpaired) electrons. The van der Waals surface area contributed by atoms with Crippen LogP contribution in [0, 0.1) is 5.82 Å². The van der Waals surface area contributed by atoms with Crippen molar-refractivity contribution in [2.75, 3.05) is 11.1 Å². The SMILES string of the molecule is C[C@@H](OC(=O)CSc1ccccc1F)C(=O)Nc1cccnc1Cl. The first kappa shape index (κ1) is 18.2. The van der Waals surface area contributed by atoms with E-state index in [0.717, 1.165) is 11.8 Å². The van der Waals surface area contributed by atoms with E-state index in [4.69, 9.17) is 16.3 Å². The van der Waals surface area contributed by atoms with Gasteiger partial charge in [0.2, 0.25) is 0 Å². The molecular weight excluding hydrogens is 355 g/mol. The Morgan fingerprint density at radius 1 is 1.33 bits per heavy atom. The fraction of sp³-hybridized carbons (Fsp3) is 0.188. The maximum atomic E-state index is 13.5. The van der Waals surface area contributed by atoms with E-state index in [-0.39, 0.29) is 10.9 Å². The lowest BCUT2D eigenvalue weighted by Gasteiger charge is -2.13. The highest BCUT2D eigenvalue weighted by Crippen LogP contribution is 2.21. The van der Waals surface area contributed by atoms with Gasteiger partial charge < -0.3 is 10.1 Å². The molecule has 1 aromatic carbocycles. The number of hydrogen-bond acceptors (Lipinski definition) is 5. The van der Waals surface area contributed by atoms with Crippen molar-refractivity contribution < 1.29 is 18.7 Å². The zero-order valence-electron chi connectivity index (χ0n) is 12.7. The maximum Gasteiger partial charge on any atom is 0.317 e. The second-order valence-corrected chi connectivity index (χ2v) is 6.06. The van der Waals surface area contributed by atoms with Crippen LogP contribution in [-0.2, 0) is 14.3 Å². The largest absolute Gasteiger partial charge is 0.452 e. The number of aromatic nitrogens is 1. The summed E-state index contributed by atoms with van der Waals surface area (Å²) in [6.45, 7) is 1.44. The van der Waals surface area contributed by atoms with Crippen molar-refractivity contribution in [3.05, 3.63) is 53.6 Å². The molecule has 2 rings (SSSR count). The minimum atomic E-state index is -1.02. The molecule has 0 saturated heterocycles. The predicted octanol–water partition coefficient (Wildman–Crippen LogP) is 3.54. The molecule has 0 fully saturated rings. The van der Waals surface area contributed by atoms with E-state index in [1.807, 2.05) is 0 Å². The molecule has 1 atom stereocenters. The molecule has 126 valence electrons. The topological polar surface area (TPSA) is 68.3 Å². The molecule has 1 amide bonds. The van der Waals surface area contributed by atoms with Gasteiger partial charge in [0, 0.05) is 11.1 Å². The quantitative estimate of drug-likeness (QED) is 0.480. The number of pyridine rings is 1. The molecule has 0 aliphatic heterocycles. The number of amides is 1. The number of hydrogen-bond donors (Lipinski definition) is 1. The Hall–Kier alpha value is -2.12. The van der Waals surface area contributed by atoms with E-state index in [1.54, 1.807) is 30.3 Å². The van der Waals surface area contributed by atoms with Gasteiger partial charge in [0.15, 0.2) is 11.3 Å². The molecule has 5 nitrogen and oxygen atoms in total. The minimum absolute atomic E-state index is 0.105. The van der Waals surface area contributed by atoms with E-state index in [2.05, 4.69) is 10.3 Å². The Kier molecular flexibility index (Phi) is 6.57. The van der Waals surface area contributed by atoms with Crippen molar-refractivity contribution in [3.8, 4) is 0 Å². The number of anilines is 1. The van der Waals surface area contributed by atoms with Gasteiger partial charge in [-0.3, -0.25) is 9.59 Å². The second kappa shape index (κ2) is 8.65. The van der Waals surface area contributed by atoms with Gasteiger partial charge in [-0.1, -0.05) is 23.7 Å². The van der Waals surface area contributed by atoms with Crippen molar-refractivity contribution in [3.63, 3.8) is 0 Å². The third-order valence-corrected chi connectivity index (χ3v) is 4.20. The third kappa shape index (κ3) is 5.21. The standard InChI is InChI=1S/C16H14ClFN2O3S/c1-10(16(22)20-12-6-4-8-19-15(12)17)23-14(21)9-24-13-7-3-2-5-11(13)18/h2-8,10H,9H2,1H3,(H,20,22)/t10-/m1/s1. The lowest BCUT2D eigenvalue weighted by Crippen LogP contribution is -2.30. The lowest BCUT2D eigenvalue weighted by molar-refractivity contribution is -0.150. The summed E-state index contributed by atoms with van der Waals surface area (Å²) < 4.78 is 18.5. The van der Waals surface area contributed by atoms with Gasteiger partial charge >= 0.3 is 5.97 Å². The van der Waals surface area contributed by atoms with Gasteiger partial charge in [-0.25, -0.2) is 9.37 Å². The van der Waals surface area contributed by atoms with Crippen molar-refractivity contribution >= 4 is 40.9 Å². The number of nitrogens with zero attached hydrogens (tertiary/aromatic N) is 1. The Morgan fingerprint density at radius 2 is 2.08 bits per heavy atom. The molecule has 1 N–H and O–H groups in total. The summed E-state index contributed by atoms with van der Waals surface area (Å²) in [5.74, 6) is -1.67. The molecule has 2 aromatic rings. The van der Waals surface area contributed by atoms with E-state index in [0.29, 0.717) is 10.6 Å². The van der Waals surface area contributed by atoms with Gasteiger partial charge in [0.1, 0.15) is 5.82 Å². The van der Waals surface area contributed by atoms with Crippen LogP contribution in [0.25, 0.3) is 0 Å². The molecule has 1 aromatic heterocycles. The highest BCUT2D eigenvalue weighted by molar-refractivity contribution is 8.00. The maximum absolute atomic E-state index is 13.5. The molecule has 8 heteroatoms. The highest BCUT2D eigenvalue weighted by Gasteiger charge is 2.19. The van der Waals surface area contributed by atoms with Crippen LogP contribution in [0.2, 0.25) is 5.15 Å². The Balaban J connectivity index is 1.84. The molecule has 1 heterocycles. The van der Waals surface area contributed by atoms with Crippen LogP contribution in [0.5, 0.6) is 0 Å². The van der Waals surface area contributed by atoms with Crippen LogP contribution < -0.4 is 5.32 Å². The van der Waals surface area contributed by atoms with Gasteiger partial charge in [-0.05, 0) is 31.2 Å². The van der Waals surface area contributed by atoms with Crippen LogP contribution in [0.15, 0.2) is 47.5 Å². The predicted molar refractivity (Wildman–Crippen MR) is 90.6 cm³/mol.